The van der Waals surface area contributed by atoms with Crippen molar-refractivity contribution in [2.75, 3.05) is 6.61 Å². The summed E-state index contributed by atoms with van der Waals surface area (Å²) in [5.41, 5.74) is 2.77. The third kappa shape index (κ3) is 3.54. The third-order valence-corrected chi connectivity index (χ3v) is 2.75. The Morgan fingerprint density at radius 1 is 0.944 bits per heavy atom. The zero-order chi connectivity index (χ0) is 12.6. The maximum Gasteiger partial charge on any atom is 0.233 e. The Bertz CT molecular complexity index is 491. The molecule has 0 bridgehead atoms. The number of hydrogen-bond donors (Lipinski definition) is 0. The van der Waals surface area contributed by atoms with Gasteiger partial charge in [0, 0.05) is 5.56 Å². The van der Waals surface area contributed by atoms with Crippen LogP contribution >= 0.6 is 0 Å². The summed E-state index contributed by atoms with van der Waals surface area (Å²) in [6.45, 7) is 1.21. The Labute approximate surface area is 107 Å². The van der Waals surface area contributed by atoms with Gasteiger partial charge in [-0.2, -0.15) is 0 Å². The van der Waals surface area contributed by atoms with Gasteiger partial charge in [-0.3, -0.25) is 4.79 Å². The topological polar surface area (TPSA) is 26.3 Å². The molecule has 2 aromatic rings. The highest BCUT2D eigenvalue weighted by Gasteiger charge is 2.01. The lowest BCUT2D eigenvalue weighted by Crippen LogP contribution is -2.01. The highest BCUT2D eigenvalue weighted by Crippen LogP contribution is 2.08. The normalized spacial score (nSPS) is 10.2. The average molecular weight is 239 g/mol. The number of hydrogen-bond acceptors (Lipinski definition) is 2. The molecule has 0 aromatic heterocycles. The van der Waals surface area contributed by atoms with Gasteiger partial charge in [0.15, 0.2) is 0 Å². The SMILES string of the molecule is O=[C]c1ccccc1CCOCc1ccccc1. The molecule has 0 amide bonds. The number of ether oxygens (including phenoxy) is 1. The van der Waals surface area contributed by atoms with E-state index in [-0.39, 0.29) is 0 Å². The lowest BCUT2D eigenvalue weighted by molar-refractivity contribution is 0.124. The fourth-order valence-corrected chi connectivity index (χ4v) is 1.78. The minimum absolute atomic E-state index is 0.605. The molecule has 2 nitrogen and oxygen atoms in total. The molecule has 0 saturated heterocycles. The van der Waals surface area contributed by atoms with Crippen LogP contribution in [0.1, 0.15) is 16.7 Å². The zero-order valence-electron chi connectivity index (χ0n) is 10.1. The average Bonchev–Trinajstić information content (AvgIpc) is 2.45. The second-order valence-electron chi connectivity index (χ2n) is 4.05. The van der Waals surface area contributed by atoms with Crippen LogP contribution in [-0.2, 0) is 22.6 Å². The number of carbonyl (C=O) groups excluding carboxylic acids is 1. The fraction of sp³-hybridized carbons (Fsp3) is 0.188. The van der Waals surface area contributed by atoms with Gasteiger partial charge in [-0.05, 0) is 17.5 Å². The van der Waals surface area contributed by atoms with E-state index in [0.29, 0.717) is 18.8 Å². The highest BCUT2D eigenvalue weighted by atomic mass is 16.5. The molecule has 91 valence electrons. The van der Waals surface area contributed by atoms with Gasteiger partial charge in [0.2, 0.25) is 6.29 Å². The van der Waals surface area contributed by atoms with Crippen LogP contribution in [0.5, 0.6) is 0 Å². The van der Waals surface area contributed by atoms with Crippen LogP contribution in [0.15, 0.2) is 54.6 Å². The maximum absolute atomic E-state index is 10.7. The summed E-state index contributed by atoms with van der Waals surface area (Å²) in [6.07, 6.45) is 2.68. The first kappa shape index (κ1) is 12.5. The molecule has 0 heterocycles. The van der Waals surface area contributed by atoms with Crippen LogP contribution in [0.4, 0.5) is 0 Å². The van der Waals surface area contributed by atoms with E-state index < -0.39 is 0 Å². The maximum atomic E-state index is 10.7. The van der Waals surface area contributed by atoms with Crippen molar-refractivity contribution in [1.29, 1.82) is 0 Å². The molecule has 2 rings (SSSR count). The summed E-state index contributed by atoms with van der Waals surface area (Å²) in [5.74, 6) is 0. The van der Waals surface area contributed by atoms with Gasteiger partial charge in [0.1, 0.15) is 0 Å². The molecule has 0 saturated carbocycles. The Kier molecular flexibility index (Phi) is 4.68. The van der Waals surface area contributed by atoms with E-state index in [2.05, 4.69) is 0 Å². The summed E-state index contributed by atoms with van der Waals surface area (Å²) >= 11 is 0. The van der Waals surface area contributed by atoms with E-state index in [9.17, 15) is 4.79 Å². The Morgan fingerprint density at radius 2 is 1.67 bits per heavy atom. The summed E-state index contributed by atoms with van der Waals surface area (Å²) < 4.78 is 5.59. The van der Waals surface area contributed by atoms with Crippen LogP contribution in [0.2, 0.25) is 0 Å². The molecule has 0 aliphatic heterocycles. The van der Waals surface area contributed by atoms with Gasteiger partial charge in [-0.25, -0.2) is 0 Å². The molecular formula is C16H15O2. The van der Waals surface area contributed by atoms with Crippen molar-refractivity contribution < 1.29 is 9.53 Å². The monoisotopic (exact) mass is 239 g/mol. The second-order valence-corrected chi connectivity index (χ2v) is 4.05. The van der Waals surface area contributed by atoms with E-state index in [1.54, 1.807) is 6.07 Å². The summed E-state index contributed by atoms with van der Waals surface area (Å²) in [4.78, 5) is 10.7. The molecule has 2 aromatic carbocycles. The fourth-order valence-electron chi connectivity index (χ4n) is 1.78. The zero-order valence-corrected chi connectivity index (χ0v) is 10.1. The predicted octanol–water partition coefficient (Wildman–Crippen LogP) is 2.90. The van der Waals surface area contributed by atoms with Crippen LogP contribution in [0, 0.1) is 0 Å². The van der Waals surface area contributed by atoms with E-state index in [4.69, 9.17) is 4.74 Å². The molecule has 0 fully saturated rings. The lowest BCUT2D eigenvalue weighted by Gasteiger charge is -2.06. The number of benzene rings is 2. The molecule has 0 aliphatic carbocycles. The Morgan fingerprint density at radius 3 is 2.44 bits per heavy atom. The van der Waals surface area contributed by atoms with Gasteiger partial charge in [0.05, 0.1) is 13.2 Å². The van der Waals surface area contributed by atoms with E-state index in [1.165, 1.54) is 0 Å². The minimum Gasteiger partial charge on any atom is -0.376 e. The lowest BCUT2D eigenvalue weighted by atomic mass is 10.1. The van der Waals surface area contributed by atoms with Crippen molar-refractivity contribution in [1.82, 2.24) is 0 Å². The van der Waals surface area contributed by atoms with Gasteiger partial charge in [-0.15, -0.1) is 0 Å². The molecule has 0 atom stereocenters. The molecule has 18 heavy (non-hydrogen) atoms. The van der Waals surface area contributed by atoms with Crippen molar-refractivity contribution in [2.45, 2.75) is 13.0 Å². The van der Waals surface area contributed by atoms with Crippen molar-refractivity contribution in [3.05, 3.63) is 71.3 Å². The van der Waals surface area contributed by atoms with Crippen LogP contribution in [0.25, 0.3) is 0 Å². The molecular weight excluding hydrogens is 224 g/mol. The van der Waals surface area contributed by atoms with Crippen LogP contribution in [0.3, 0.4) is 0 Å². The van der Waals surface area contributed by atoms with Crippen molar-refractivity contribution in [3.8, 4) is 0 Å². The molecule has 0 spiro atoms. The molecule has 2 heteroatoms. The Hall–Kier alpha value is -1.93. The van der Waals surface area contributed by atoms with Crippen LogP contribution in [-0.4, -0.2) is 12.9 Å². The van der Waals surface area contributed by atoms with Crippen molar-refractivity contribution in [3.63, 3.8) is 0 Å². The molecule has 0 unspecified atom stereocenters. The van der Waals surface area contributed by atoms with Gasteiger partial charge in [-0.1, -0.05) is 54.6 Å². The van der Waals surface area contributed by atoms with Gasteiger partial charge < -0.3 is 4.74 Å². The quantitative estimate of drug-likeness (QED) is 0.724. The summed E-state index contributed by atoms with van der Waals surface area (Å²) in [6, 6.07) is 17.5. The predicted molar refractivity (Wildman–Crippen MR) is 71.0 cm³/mol. The summed E-state index contributed by atoms with van der Waals surface area (Å²) in [7, 11) is 0. The largest absolute Gasteiger partial charge is 0.376 e. The first-order valence-corrected chi connectivity index (χ1v) is 5.98. The van der Waals surface area contributed by atoms with Crippen LogP contribution < -0.4 is 0 Å². The minimum atomic E-state index is 0.605. The number of rotatable bonds is 6. The first-order valence-electron chi connectivity index (χ1n) is 5.98. The second kappa shape index (κ2) is 6.72. The van der Waals surface area contributed by atoms with Crippen molar-refractivity contribution in [2.24, 2.45) is 0 Å². The smallest absolute Gasteiger partial charge is 0.233 e. The molecule has 0 aliphatic rings. The standard InChI is InChI=1S/C16H15O2/c17-12-16-9-5-4-8-15(16)10-11-18-13-14-6-2-1-3-7-14/h1-9H,10-11,13H2. The summed E-state index contributed by atoms with van der Waals surface area (Å²) in [5, 5.41) is 0. The van der Waals surface area contributed by atoms with E-state index in [1.807, 2.05) is 54.8 Å². The van der Waals surface area contributed by atoms with Crippen molar-refractivity contribution >= 4 is 6.29 Å². The third-order valence-electron chi connectivity index (χ3n) is 2.75. The first-order chi connectivity index (χ1) is 8.90. The molecule has 0 N–H and O–H groups in total. The molecule has 1 radical (unpaired) electrons. The Balaban J connectivity index is 1.80. The van der Waals surface area contributed by atoms with Gasteiger partial charge in [0.25, 0.3) is 0 Å². The van der Waals surface area contributed by atoms with Gasteiger partial charge >= 0.3 is 0 Å². The van der Waals surface area contributed by atoms with E-state index >= 15 is 0 Å². The highest BCUT2D eigenvalue weighted by molar-refractivity contribution is 5.77. The van der Waals surface area contributed by atoms with E-state index in [0.717, 1.165) is 17.5 Å².